The van der Waals surface area contributed by atoms with Gasteiger partial charge in [-0.2, -0.15) is 0 Å². The van der Waals surface area contributed by atoms with Crippen molar-refractivity contribution in [3.63, 3.8) is 0 Å². The Morgan fingerprint density at radius 2 is 1.74 bits per heavy atom. The predicted molar refractivity (Wildman–Crippen MR) is 149 cm³/mol. The molecule has 202 valence electrons. The Kier molecular flexibility index (Phi) is 10.1. The number of amides is 3. The number of carbonyl (C=O) groups is 2. The van der Waals surface area contributed by atoms with E-state index in [1.165, 1.54) is 12.1 Å². The number of rotatable bonds is 10. The second kappa shape index (κ2) is 13.7. The molecule has 3 amide bonds. The molecule has 3 aromatic rings. The van der Waals surface area contributed by atoms with Gasteiger partial charge in [-0.05, 0) is 65.9 Å². The summed E-state index contributed by atoms with van der Waals surface area (Å²) in [4.78, 5) is 33.6. The van der Waals surface area contributed by atoms with E-state index in [0.29, 0.717) is 50.1 Å². The average molecular weight is 559 g/mol. The molecule has 1 N–H and O–H groups in total. The Labute approximate surface area is 231 Å². The number of urea groups is 1. The third-order valence-corrected chi connectivity index (χ3v) is 7.70. The van der Waals surface area contributed by atoms with Crippen LogP contribution in [0.4, 0.5) is 14.9 Å². The SMILES string of the molecule is Cc1ccsc1CN(Cc1ccc(F)cc1)C(=O)CN(CCN1CCOCC1)C(=O)Nc1ccc(Cl)cc1. The van der Waals surface area contributed by atoms with Gasteiger partial charge in [0.15, 0.2) is 0 Å². The third kappa shape index (κ3) is 8.26. The molecule has 0 saturated carbocycles. The van der Waals surface area contributed by atoms with Crippen molar-refractivity contribution in [3.8, 4) is 0 Å². The van der Waals surface area contributed by atoms with Gasteiger partial charge in [0.25, 0.3) is 0 Å². The number of nitrogens with one attached hydrogen (secondary N) is 1. The van der Waals surface area contributed by atoms with Crippen LogP contribution in [0.1, 0.15) is 16.0 Å². The first-order chi connectivity index (χ1) is 18.4. The molecule has 2 aromatic carbocycles. The Bertz CT molecular complexity index is 1200. The van der Waals surface area contributed by atoms with Crippen LogP contribution in [0.15, 0.2) is 60.0 Å². The lowest BCUT2D eigenvalue weighted by Gasteiger charge is -2.31. The highest BCUT2D eigenvalue weighted by molar-refractivity contribution is 7.10. The van der Waals surface area contributed by atoms with Gasteiger partial charge in [-0.3, -0.25) is 9.69 Å². The maximum atomic E-state index is 13.7. The van der Waals surface area contributed by atoms with Crippen molar-refractivity contribution < 1.29 is 18.7 Å². The summed E-state index contributed by atoms with van der Waals surface area (Å²) in [5.41, 5.74) is 2.52. The van der Waals surface area contributed by atoms with Gasteiger partial charge in [-0.1, -0.05) is 23.7 Å². The second-order valence-electron chi connectivity index (χ2n) is 9.22. The molecule has 0 aliphatic carbocycles. The number of carbonyl (C=O) groups excluding carboxylic acids is 2. The minimum Gasteiger partial charge on any atom is -0.379 e. The third-order valence-electron chi connectivity index (χ3n) is 6.44. The van der Waals surface area contributed by atoms with Crippen LogP contribution in [0.25, 0.3) is 0 Å². The number of halogens is 2. The summed E-state index contributed by atoms with van der Waals surface area (Å²) in [6.45, 7) is 6.55. The van der Waals surface area contributed by atoms with Crippen LogP contribution in [0.3, 0.4) is 0 Å². The van der Waals surface area contributed by atoms with Gasteiger partial charge >= 0.3 is 6.03 Å². The number of hydrogen-bond acceptors (Lipinski definition) is 5. The summed E-state index contributed by atoms with van der Waals surface area (Å²) in [7, 11) is 0. The zero-order valence-electron chi connectivity index (χ0n) is 21.4. The molecule has 10 heteroatoms. The number of ether oxygens (including phenoxy) is 1. The van der Waals surface area contributed by atoms with Crippen LogP contribution >= 0.6 is 22.9 Å². The zero-order valence-corrected chi connectivity index (χ0v) is 22.9. The number of nitrogens with zero attached hydrogens (tertiary/aromatic N) is 3. The fourth-order valence-corrected chi connectivity index (χ4v) is 5.17. The van der Waals surface area contributed by atoms with Crippen LogP contribution < -0.4 is 5.32 Å². The van der Waals surface area contributed by atoms with Crippen molar-refractivity contribution >= 4 is 40.6 Å². The highest BCUT2D eigenvalue weighted by atomic mass is 35.5. The maximum Gasteiger partial charge on any atom is 0.322 e. The molecule has 0 radical (unpaired) electrons. The van der Waals surface area contributed by atoms with Crippen molar-refractivity contribution in [3.05, 3.63) is 86.8 Å². The van der Waals surface area contributed by atoms with Crippen molar-refractivity contribution in [2.75, 3.05) is 51.3 Å². The molecular weight excluding hydrogens is 527 g/mol. The smallest absolute Gasteiger partial charge is 0.322 e. The summed E-state index contributed by atoms with van der Waals surface area (Å²) < 4.78 is 18.9. The topological polar surface area (TPSA) is 65.1 Å². The molecule has 2 heterocycles. The molecule has 4 rings (SSSR count). The first-order valence-corrected chi connectivity index (χ1v) is 13.8. The number of hydrogen-bond donors (Lipinski definition) is 1. The van der Waals surface area contributed by atoms with Crippen LogP contribution in [0, 0.1) is 12.7 Å². The van der Waals surface area contributed by atoms with Gasteiger partial charge in [0.1, 0.15) is 12.4 Å². The summed E-state index contributed by atoms with van der Waals surface area (Å²) in [6, 6.07) is 14.7. The number of thiophene rings is 1. The number of anilines is 1. The lowest BCUT2D eigenvalue weighted by atomic mass is 10.2. The Hall–Kier alpha value is -2.98. The molecule has 0 spiro atoms. The lowest BCUT2D eigenvalue weighted by Crippen LogP contribution is -2.48. The molecule has 38 heavy (non-hydrogen) atoms. The van der Waals surface area contributed by atoms with E-state index >= 15 is 0 Å². The summed E-state index contributed by atoms with van der Waals surface area (Å²) in [5, 5.41) is 5.46. The quantitative estimate of drug-likeness (QED) is 0.369. The molecule has 7 nitrogen and oxygen atoms in total. The van der Waals surface area contributed by atoms with Gasteiger partial charge < -0.3 is 19.9 Å². The first-order valence-electron chi connectivity index (χ1n) is 12.5. The van der Waals surface area contributed by atoms with E-state index in [9.17, 15) is 14.0 Å². The molecule has 1 aromatic heterocycles. The van der Waals surface area contributed by atoms with E-state index in [0.717, 1.165) is 29.1 Å². The van der Waals surface area contributed by atoms with Crippen LogP contribution in [-0.2, 0) is 22.6 Å². The van der Waals surface area contributed by atoms with E-state index in [-0.39, 0.29) is 24.3 Å². The van der Waals surface area contributed by atoms with Crippen LogP contribution in [0.5, 0.6) is 0 Å². The van der Waals surface area contributed by atoms with E-state index in [1.807, 2.05) is 18.4 Å². The monoisotopic (exact) mass is 558 g/mol. The molecule has 1 fully saturated rings. The zero-order chi connectivity index (χ0) is 26.9. The normalized spacial score (nSPS) is 13.8. The van der Waals surface area contributed by atoms with Crippen LogP contribution in [-0.4, -0.2) is 72.6 Å². The number of morpholine rings is 1. The standard InChI is InChI=1S/C28H32ClFN4O3S/c1-21-10-17-38-26(21)19-34(18-22-2-6-24(30)7-3-22)27(35)20-33(12-11-32-13-15-37-16-14-32)28(36)31-25-8-4-23(29)5-9-25/h2-10,17H,11-16,18-20H2,1H3,(H,31,36). The Balaban J connectivity index is 1.50. The Morgan fingerprint density at radius 1 is 1.03 bits per heavy atom. The van der Waals surface area contributed by atoms with Gasteiger partial charge in [0, 0.05) is 48.3 Å². The predicted octanol–water partition coefficient (Wildman–Crippen LogP) is 5.24. The highest BCUT2D eigenvalue weighted by Crippen LogP contribution is 2.20. The van der Waals surface area contributed by atoms with Gasteiger partial charge in [0.05, 0.1) is 19.8 Å². The number of benzene rings is 2. The summed E-state index contributed by atoms with van der Waals surface area (Å²) in [6.07, 6.45) is 0. The summed E-state index contributed by atoms with van der Waals surface area (Å²) >= 11 is 7.58. The highest BCUT2D eigenvalue weighted by Gasteiger charge is 2.24. The summed E-state index contributed by atoms with van der Waals surface area (Å²) in [5.74, 6) is -0.510. The van der Waals surface area contributed by atoms with Gasteiger partial charge in [0.2, 0.25) is 5.91 Å². The molecule has 0 atom stereocenters. The van der Waals surface area contributed by atoms with Crippen LogP contribution in [0.2, 0.25) is 5.02 Å². The first kappa shape index (κ1) is 28.0. The van der Waals surface area contributed by atoms with Gasteiger partial charge in [-0.25, -0.2) is 9.18 Å². The second-order valence-corrected chi connectivity index (χ2v) is 10.7. The number of aryl methyl sites for hydroxylation is 1. The van der Waals surface area contributed by atoms with Crippen molar-refractivity contribution in [1.29, 1.82) is 0 Å². The van der Waals surface area contributed by atoms with Crippen molar-refractivity contribution in [1.82, 2.24) is 14.7 Å². The molecular formula is C28H32ClFN4O3S. The molecule has 1 aliphatic heterocycles. The average Bonchev–Trinajstić information content (AvgIpc) is 3.33. The maximum absolute atomic E-state index is 13.7. The van der Waals surface area contributed by atoms with Crippen molar-refractivity contribution in [2.24, 2.45) is 0 Å². The molecule has 0 unspecified atom stereocenters. The largest absolute Gasteiger partial charge is 0.379 e. The van der Waals surface area contributed by atoms with E-state index in [2.05, 4.69) is 10.2 Å². The molecule has 1 saturated heterocycles. The fourth-order valence-electron chi connectivity index (χ4n) is 4.12. The van der Waals surface area contributed by atoms with E-state index in [1.54, 1.807) is 57.5 Å². The Morgan fingerprint density at radius 3 is 2.39 bits per heavy atom. The van der Waals surface area contributed by atoms with Crippen molar-refractivity contribution in [2.45, 2.75) is 20.0 Å². The van der Waals surface area contributed by atoms with E-state index < -0.39 is 0 Å². The molecule has 0 bridgehead atoms. The van der Waals surface area contributed by atoms with E-state index in [4.69, 9.17) is 16.3 Å². The van der Waals surface area contributed by atoms with Gasteiger partial charge in [-0.15, -0.1) is 11.3 Å². The minimum absolute atomic E-state index is 0.0879. The lowest BCUT2D eigenvalue weighted by molar-refractivity contribution is -0.133. The fraction of sp³-hybridized carbons (Fsp3) is 0.357. The molecule has 1 aliphatic rings. The minimum atomic E-state index is -0.358.